The van der Waals surface area contributed by atoms with Gasteiger partial charge < -0.3 is 9.32 Å². The van der Waals surface area contributed by atoms with Crippen molar-refractivity contribution in [1.82, 2.24) is 0 Å². The Morgan fingerprint density at radius 3 is 1.45 bits per heavy atom. The molecule has 9 aromatic rings. The second-order valence-corrected chi connectivity index (χ2v) is 12.7. The van der Waals surface area contributed by atoms with Gasteiger partial charge in [-0.15, -0.1) is 0 Å². The Labute approximate surface area is 296 Å². The van der Waals surface area contributed by atoms with Gasteiger partial charge in [-0.25, -0.2) is 4.39 Å². The van der Waals surface area contributed by atoms with Gasteiger partial charge in [-0.2, -0.15) is 0 Å². The van der Waals surface area contributed by atoms with Crippen molar-refractivity contribution in [1.29, 1.82) is 0 Å². The number of furan rings is 1. The first-order valence-electron chi connectivity index (χ1n) is 17.1. The van der Waals surface area contributed by atoms with Crippen LogP contribution in [0.4, 0.5) is 21.5 Å². The molecule has 0 amide bonds. The smallest absolute Gasteiger partial charge is 0.148 e. The molecule has 51 heavy (non-hydrogen) atoms. The Morgan fingerprint density at radius 2 is 0.824 bits per heavy atom. The third-order valence-electron chi connectivity index (χ3n) is 9.55. The van der Waals surface area contributed by atoms with Crippen molar-refractivity contribution in [2.75, 3.05) is 4.90 Å². The summed E-state index contributed by atoms with van der Waals surface area (Å²) in [5, 5.41) is 2.21. The number of benzene rings is 8. The summed E-state index contributed by atoms with van der Waals surface area (Å²) >= 11 is 0. The van der Waals surface area contributed by atoms with Crippen LogP contribution in [0.3, 0.4) is 0 Å². The molecule has 0 aliphatic carbocycles. The molecule has 0 aliphatic rings. The highest BCUT2D eigenvalue weighted by Gasteiger charge is 2.23. The van der Waals surface area contributed by atoms with Crippen molar-refractivity contribution in [3.05, 3.63) is 200 Å². The summed E-state index contributed by atoms with van der Waals surface area (Å²) in [7, 11) is 0. The zero-order chi connectivity index (χ0) is 34.1. The lowest BCUT2D eigenvalue weighted by molar-refractivity contribution is 0.630. The third-order valence-corrected chi connectivity index (χ3v) is 9.55. The second kappa shape index (κ2) is 13.0. The number of para-hydroxylation sites is 1. The van der Waals surface area contributed by atoms with Crippen molar-refractivity contribution >= 4 is 39.0 Å². The Hall–Kier alpha value is -6.71. The summed E-state index contributed by atoms with van der Waals surface area (Å²) in [6.45, 7) is 0. The monoisotopic (exact) mass is 657 g/mol. The summed E-state index contributed by atoms with van der Waals surface area (Å²) in [5.74, 6) is -0.304. The van der Waals surface area contributed by atoms with Crippen LogP contribution in [0.5, 0.6) is 0 Å². The van der Waals surface area contributed by atoms with Crippen LogP contribution in [0.25, 0.3) is 66.4 Å². The van der Waals surface area contributed by atoms with Gasteiger partial charge in [0.05, 0.1) is 5.69 Å². The van der Waals surface area contributed by atoms with Crippen LogP contribution in [-0.4, -0.2) is 0 Å². The van der Waals surface area contributed by atoms with Gasteiger partial charge in [-0.1, -0.05) is 140 Å². The molecule has 0 radical (unpaired) electrons. The maximum Gasteiger partial charge on any atom is 0.148 e. The largest absolute Gasteiger partial charge is 0.456 e. The molecule has 1 aromatic heterocycles. The van der Waals surface area contributed by atoms with E-state index in [0.29, 0.717) is 5.69 Å². The summed E-state index contributed by atoms with van der Waals surface area (Å²) in [5.41, 5.74) is 11.8. The van der Waals surface area contributed by atoms with Gasteiger partial charge in [-0.05, 0) is 93.5 Å². The van der Waals surface area contributed by atoms with E-state index >= 15 is 4.39 Å². The van der Waals surface area contributed by atoms with Gasteiger partial charge >= 0.3 is 0 Å². The first-order chi connectivity index (χ1) is 25.2. The maximum atomic E-state index is 17.0. The lowest BCUT2D eigenvalue weighted by Crippen LogP contribution is -2.13. The Bertz CT molecular complexity index is 2610. The van der Waals surface area contributed by atoms with Crippen LogP contribution in [0.2, 0.25) is 0 Å². The highest BCUT2D eigenvalue weighted by molar-refractivity contribution is 6.06. The van der Waals surface area contributed by atoms with Crippen molar-refractivity contribution in [3.63, 3.8) is 0 Å². The number of halogens is 1. The molecule has 0 atom stereocenters. The van der Waals surface area contributed by atoms with E-state index in [1.54, 1.807) is 6.07 Å². The van der Waals surface area contributed by atoms with Crippen LogP contribution in [-0.2, 0) is 0 Å². The first kappa shape index (κ1) is 30.4. The van der Waals surface area contributed by atoms with Crippen molar-refractivity contribution in [2.24, 2.45) is 0 Å². The molecule has 0 unspecified atom stereocenters. The fraction of sp³-hybridized carbons (Fsp3) is 0. The molecule has 0 N–H and O–H groups in total. The van der Waals surface area contributed by atoms with Gasteiger partial charge in [0.1, 0.15) is 17.0 Å². The number of hydrogen-bond donors (Lipinski definition) is 0. The minimum atomic E-state index is -0.304. The van der Waals surface area contributed by atoms with E-state index < -0.39 is 0 Å². The summed E-state index contributed by atoms with van der Waals surface area (Å²) in [4.78, 5) is 2.04. The third kappa shape index (κ3) is 5.75. The molecular formula is C48H32FNO. The quantitative estimate of drug-likeness (QED) is 0.170. The lowest BCUT2D eigenvalue weighted by Gasteiger charge is -2.29. The number of anilines is 3. The predicted molar refractivity (Wildman–Crippen MR) is 210 cm³/mol. The van der Waals surface area contributed by atoms with Gasteiger partial charge in [0.25, 0.3) is 0 Å². The molecule has 9 rings (SSSR count). The van der Waals surface area contributed by atoms with Crippen LogP contribution < -0.4 is 4.90 Å². The Kier molecular flexibility index (Phi) is 7.71. The fourth-order valence-corrected chi connectivity index (χ4v) is 7.01. The minimum Gasteiger partial charge on any atom is -0.456 e. The average Bonchev–Trinajstić information content (AvgIpc) is 3.58. The molecule has 0 spiro atoms. The lowest BCUT2D eigenvalue weighted by atomic mass is 9.95. The zero-order valence-electron chi connectivity index (χ0n) is 27.7. The normalized spacial score (nSPS) is 11.2. The SMILES string of the molecule is Fc1cc(-c2ccccc2)cc(-c2ccccc2)c1N(c1ccc(-c2ccccc2)cc1)c1ccc(-c2ccc3c(c2)oc2ccccc23)cc1. The average molecular weight is 658 g/mol. The van der Waals surface area contributed by atoms with Crippen LogP contribution in [0, 0.1) is 5.82 Å². The summed E-state index contributed by atoms with van der Waals surface area (Å²) in [6.07, 6.45) is 0. The molecule has 242 valence electrons. The first-order valence-corrected chi connectivity index (χ1v) is 17.1. The van der Waals surface area contributed by atoms with Crippen LogP contribution in [0.1, 0.15) is 0 Å². The molecule has 0 saturated heterocycles. The summed E-state index contributed by atoms with van der Waals surface area (Å²) in [6, 6.07) is 65.3. The molecule has 0 saturated carbocycles. The predicted octanol–water partition coefficient (Wildman–Crippen LogP) is 13.9. The summed E-state index contributed by atoms with van der Waals surface area (Å²) < 4.78 is 23.2. The van der Waals surface area contributed by atoms with E-state index in [1.165, 1.54) is 0 Å². The van der Waals surface area contributed by atoms with Gasteiger partial charge in [0, 0.05) is 27.7 Å². The Balaban J connectivity index is 1.19. The van der Waals surface area contributed by atoms with E-state index in [2.05, 4.69) is 91.0 Å². The number of hydrogen-bond acceptors (Lipinski definition) is 2. The van der Waals surface area contributed by atoms with E-state index in [1.807, 2.05) is 102 Å². The number of fused-ring (bicyclic) bond motifs is 3. The topological polar surface area (TPSA) is 16.4 Å². The molecule has 8 aromatic carbocycles. The molecular weight excluding hydrogens is 626 g/mol. The number of nitrogens with zero attached hydrogens (tertiary/aromatic N) is 1. The van der Waals surface area contributed by atoms with E-state index in [0.717, 1.165) is 77.8 Å². The van der Waals surface area contributed by atoms with Crippen LogP contribution >= 0.6 is 0 Å². The highest BCUT2D eigenvalue weighted by Crippen LogP contribution is 2.45. The molecule has 0 fully saturated rings. The maximum absolute atomic E-state index is 17.0. The minimum absolute atomic E-state index is 0.304. The fourth-order valence-electron chi connectivity index (χ4n) is 7.01. The van der Waals surface area contributed by atoms with E-state index in [-0.39, 0.29) is 5.82 Å². The molecule has 0 bridgehead atoms. The second-order valence-electron chi connectivity index (χ2n) is 12.7. The van der Waals surface area contributed by atoms with Gasteiger partial charge in [0.15, 0.2) is 0 Å². The van der Waals surface area contributed by atoms with Gasteiger partial charge in [0.2, 0.25) is 0 Å². The molecule has 2 nitrogen and oxygen atoms in total. The standard InChI is InChI=1S/C48H32FNO/c49-45-31-39(34-14-6-2-7-15-34)30-44(37-16-8-3-9-17-37)48(45)50(40-25-20-35(21-26-40)33-12-4-1-5-13-33)41-27-22-36(23-28-41)38-24-29-43-42-18-10-11-19-46(42)51-47(43)32-38/h1-32H. The molecule has 1 heterocycles. The van der Waals surface area contributed by atoms with E-state index in [9.17, 15) is 0 Å². The van der Waals surface area contributed by atoms with E-state index in [4.69, 9.17) is 4.42 Å². The zero-order valence-corrected chi connectivity index (χ0v) is 27.7. The molecule has 3 heteroatoms. The van der Waals surface area contributed by atoms with Crippen molar-refractivity contribution in [2.45, 2.75) is 0 Å². The molecule has 0 aliphatic heterocycles. The van der Waals surface area contributed by atoms with Crippen molar-refractivity contribution < 1.29 is 8.81 Å². The van der Waals surface area contributed by atoms with Crippen LogP contribution in [0.15, 0.2) is 199 Å². The van der Waals surface area contributed by atoms with Gasteiger partial charge in [-0.3, -0.25) is 0 Å². The number of rotatable bonds is 7. The highest BCUT2D eigenvalue weighted by atomic mass is 19.1. The van der Waals surface area contributed by atoms with Crippen molar-refractivity contribution in [3.8, 4) is 44.5 Å². The Morgan fingerprint density at radius 1 is 0.353 bits per heavy atom.